The Kier molecular flexibility index (Phi) is 5.97. The first-order valence-electron chi connectivity index (χ1n) is 8.41. The van der Waals surface area contributed by atoms with E-state index in [1.807, 2.05) is 44.2 Å². The summed E-state index contributed by atoms with van der Waals surface area (Å²) in [6.45, 7) is 8.42. The van der Waals surface area contributed by atoms with E-state index in [1.165, 1.54) is 5.56 Å². The lowest BCUT2D eigenvalue weighted by molar-refractivity contribution is -0.122. The van der Waals surface area contributed by atoms with Crippen molar-refractivity contribution >= 4 is 5.91 Å². The molecular formula is C21H27NO. The van der Waals surface area contributed by atoms with Crippen LogP contribution in [0.5, 0.6) is 0 Å². The van der Waals surface area contributed by atoms with Gasteiger partial charge in [-0.15, -0.1) is 0 Å². The fraction of sp³-hybridized carbons (Fsp3) is 0.381. The maximum Gasteiger partial charge on any atom is 0.227 e. The van der Waals surface area contributed by atoms with Gasteiger partial charge in [0.2, 0.25) is 5.91 Å². The third-order valence-corrected chi connectivity index (χ3v) is 4.18. The summed E-state index contributed by atoms with van der Waals surface area (Å²) in [5.41, 5.74) is 3.52. The van der Waals surface area contributed by atoms with E-state index < -0.39 is 0 Å². The van der Waals surface area contributed by atoms with Crippen molar-refractivity contribution in [2.45, 2.75) is 46.1 Å². The molecule has 2 atom stereocenters. The van der Waals surface area contributed by atoms with E-state index in [0.29, 0.717) is 5.92 Å². The van der Waals surface area contributed by atoms with Crippen LogP contribution in [0.15, 0.2) is 54.6 Å². The molecule has 0 aliphatic heterocycles. The van der Waals surface area contributed by atoms with Gasteiger partial charge in [-0.3, -0.25) is 4.79 Å². The molecule has 2 nitrogen and oxygen atoms in total. The quantitative estimate of drug-likeness (QED) is 0.810. The summed E-state index contributed by atoms with van der Waals surface area (Å²) < 4.78 is 0. The van der Waals surface area contributed by atoms with Crippen LogP contribution in [0, 0.1) is 5.92 Å². The standard InChI is InChI=1S/C21H27NO/c1-15(2)14-18-10-12-19(13-11-18)16(3)21(23)22-17(4)20-8-6-5-7-9-20/h5-13,15-17H,14H2,1-4H3,(H,22,23). The Balaban J connectivity index is 1.99. The van der Waals surface area contributed by atoms with Crippen LogP contribution in [0.3, 0.4) is 0 Å². The largest absolute Gasteiger partial charge is 0.349 e. The van der Waals surface area contributed by atoms with E-state index in [2.05, 4.69) is 43.4 Å². The average molecular weight is 309 g/mol. The van der Waals surface area contributed by atoms with Crippen molar-refractivity contribution in [3.63, 3.8) is 0 Å². The van der Waals surface area contributed by atoms with Gasteiger partial charge in [-0.05, 0) is 42.9 Å². The van der Waals surface area contributed by atoms with Gasteiger partial charge in [-0.25, -0.2) is 0 Å². The van der Waals surface area contributed by atoms with Gasteiger partial charge < -0.3 is 5.32 Å². The average Bonchev–Trinajstić information content (AvgIpc) is 2.55. The zero-order valence-electron chi connectivity index (χ0n) is 14.5. The van der Waals surface area contributed by atoms with Crippen LogP contribution in [-0.4, -0.2) is 5.91 Å². The van der Waals surface area contributed by atoms with Gasteiger partial charge in [0.25, 0.3) is 0 Å². The molecule has 0 heterocycles. The van der Waals surface area contributed by atoms with Gasteiger partial charge >= 0.3 is 0 Å². The summed E-state index contributed by atoms with van der Waals surface area (Å²) in [6.07, 6.45) is 1.08. The maximum absolute atomic E-state index is 12.5. The first-order valence-corrected chi connectivity index (χ1v) is 8.41. The zero-order valence-corrected chi connectivity index (χ0v) is 14.5. The minimum absolute atomic E-state index is 0.0198. The predicted octanol–water partition coefficient (Wildman–Crippen LogP) is 4.87. The van der Waals surface area contributed by atoms with E-state index in [4.69, 9.17) is 0 Å². The molecule has 0 aliphatic rings. The zero-order chi connectivity index (χ0) is 16.8. The van der Waals surface area contributed by atoms with Gasteiger partial charge in [0.1, 0.15) is 0 Å². The number of hydrogen-bond donors (Lipinski definition) is 1. The third-order valence-electron chi connectivity index (χ3n) is 4.18. The monoisotopic (exact) mass is 309 g/mol. The molecule has 122 valence electrons. The summed E-state index contributed by atoms with van der Waals surface area (Å²) >= 11 is 0. The molecule has 2 aromatic carbocycles. The fourth-order valence-corrected chi connectivity index (χ4v) is 2.73. The van der Waals surface area contributed by atoms with Crippen LogP contribution in [0.1, 0.15) is 56.3 Å². The number of amides is 1. The summed E-state index contributed by atoms with van der Waals surface area (Å²) in [5.74, 6) is 0.570. The lowest BCUT2D eigenvalue weighted by Gasteiger charge is -2.18. The molecule has 0 bridgehead atoms. The van der Waals surface area contributed by atoms with Crippen molar-refractivity contribution in [1.29, 1.82) is 0 Å². The SMILES string of the molecule is CC(C)Cc1ccc(C(C)C(=O)NC(C)c2ccccc2)cc1. The summed E-state index contributed by atoms with van der Waals surface area (Å²) in [5, 5.41) is 3.10. The summed E-state index contributed by atoms with van der Waals surface area (Å²) in [4.78, 5) is 12.5. The van der Waals surface area contributed by atoms with E-state index in [0.717, 1.165) is 17.5 Å². The number of carbonyl (C=O) groups is 1. The van der Waals surface area contributed by atoms with Crippen molar-refractivity contribution in [2.75, 3.05) is 0 Å². The molecule has 0 saturated carbocycles. The van der Waals surface area contributed by atoms with E-state index in [9.17, 15) is 4.79 Å². The van der Waals surface area contributed by atoms with Gasteiger partial charge in [0.05, 0.1) is 12.0 Å². The van der Waals surface area contributed by atoms with Crippen molar-refractivity contribution in [3.8, 4) is 0 Å². The first-order chi connectivity index (χ1) is 11.0. The maximum atomic E-state index is 12.5. The minimum atomic E-state index is -0.144. The van der Waals surface area contributed by atoms with Crippen molar-refractivity contribution in [3.05, 3.63) is 71.3 Å². The molecule has 1 N–H and O–H groups in total. The van der Waals surface area contributed by atoms with Crippen LogP contribution in [0.2, 0.25) is 0 Å². The lowest BCUT2D eigenvalue weighted by Crippen LogP contribution is -2.30. The summed E-state index contributed by atoms with van der Waals surface area (Å²) in [6, 6.07) is 18.5. The molecule has 0 saturated heterocycles. The van der Waals surface area contributed by atoms with E-state index in [1.54, 1.807) is 0 Å². The third kappa shape index (κ3) is 4.95. The Morgan fingerprint density at radius 2 is 1.48 bits per heavy atom. The molecule has 1 amide bonds. The van der Waals surface area contributed by atoms with Crippen molar-refractivity contribution in [1.82, 2.24) is 5.32 Å². The molecule has 2 aromatic rings. The molecule has 23 heavy (non-hydrogen) atoms. The van der Waals surface area contributed by atoms with Gasteiger partial charge in [-0.1, -0.05) is 68.4 Å². The van der Waals surface area contributed by atoms with E-state index in [-0.39, 0.29) is 17.9 Å². The lowest BCUT2D eigenvalue weighted by atomic mass is 9.96. The normalized spacial score (nSPS) is 13.6. The second kappa shape index (κ2) is 7.96. The molecular weight excluding hydrogens is 282 g/mol. The molecule has 0 radical (unpaired) electrons. The summed E-state index contributed by atoms with van der Waals surface area (Å²) in [7, 11) is 0. The van der Waals surface area contributed by atoms with Crippen LogP contribution in [0.4, 0.5) is 0 Å². The molecule has 2 heteroatoms. The minimum Gasteiger partial charge on any atom is -0.349 e. The highest BCUT2D eigenvalue weighted by Crippen LogP contribution is 2.19. The molecule has 2 unspecified atom stereocenters. The number of carbonyl (C=O) groups excluding carboxylic acids is 1. The van der Waals surface area contributed by atoms with Crippen LogP contribution in [0.25, 0.3) is 0 Å². The van der Waals surface area contributed by atoms with Crippen LogP contribution >= 0.6 is 0 Å². The van der Waals surface area contributed by atoms with Gasteiger partial charge in [-0.2, -0.15) is 0 Å². The Bertz CT molecular complexity index is 616. The van der Waals surface area contributed by atoms with Gasteiger partial charge in [0, 0.05) is 0 Å². The van der Waals surface area contributed by atoms with Crippen molar-refractivity contribution in [2.24, 2.45) is 5.92 Å². The van der Waals surface area contributed by atoms with Crippen LogP contribution in [-0.2, 0) is 11.2 Å². The van der Waals surface area contributed by atoms with Gasteiger partial charge in [0.15, 0.2) is 0 Å². The first kappa shape index (κ1) is 17.3. The number of rotatable bonds is 6. The van der Waals surface area contributed by atoms with Crippen LogP contribution < -0.4 is 5.32 Å². The second-order valence-corrected chi connectivity index (χ2v) is 6.70. The Morgan fingerprint density at radius 1 is 0.870 bits per heavy atom. The topological polar surface area (TPSA) is 29.1 Å². The highest BCUT2D eigenvalue weighted by Gasteiger charge is 2.17. The molecule has 0 fully saturated rings. The number of hydrogen-bond acceptors (Lipinski definition) is 1. The Labute approximate surface area is 139 Å². The van der Waals surface area contributed by atoms with E-state index >= 15 is 0 Å². The highest BCUT2D eigenvalue weighted by molar-refractivity contribution is 5.83. The molecule has 0 aliphatic carbocycles. The molecule has 2 rings (SSSR count). The Morgan fingerprint density at radius 3 is 2.04 bits per heavy atom. The Hall–Kier alpha value is -2.09. The predicted molar refractivity (Wildman–Crippen MR) is 96.4 cm³/mol. The molecule has 0 aromatic heterocycles. The van der Waals surface area contributed by atoms with Crippen molar-refractivity contribution < 1.29 is 4.79 Å². The highest BCUT2D eigenvalue weighted by atomic mass is 16.1. The second-order valence-electron chi connectivity index (χ2n) is 6.70. The smallest absolute Gasteiger partial charge is 0.227 e. The number of benzene rings is 2. The molecule has 0 spiro atoms. The number of nitrogens with one attached hydrogen (secondary N) is 1. The fourth-order valence-electron chi connectivity index (χ4n) is 2.73.